The lowest BCUT2D eigenvalue weighted by atomic mass is 9.86. The predicted octanol–water partition coefficient (Wildman–Crippen LogP) is 3.57. The van der Waals surface area contributed by atoms with Crippen LogP contribution in [0.3, 0.4) is 0 Å². The van der Waals surface area contributed by atoms with Crippen molar-refractivity contribution in [2.24, 2.45) is 0 Å². The van der Waals surface area contributed by atoms with Gasteiger partial charge in [0, 0.05) is 23.8 Å². The fourth-order valence-corrected chi connectivity index (χ4v) is 4.24. The minimum atomic E-state index is 0.238. The van der Waals surface area contributed by atoms with Crippen LogP contribution in [-0.4, -0.2) is 27.6 Å². The molecule has 4 heteroatoms. The second-order valence-corrected chi connectivity index (χ2v) is 6.76. The molecule has 3 aromatic rings. The lowest BCUT2D eigenvalue weighted by Gasteiger charge is -2.44. The summed E-state index contributed by atoms with van der Waals surface area (Å²) in [7, 11) is 0. The first-order valence-corrected chi connectivity index (χ1v) is 8.51. The van der Waals surface area contributed by atoms with Crippen molar-refractivity contribution >= 4 is 16.7 Å². The number of hydrogen-bond acceptors (Lipinski definition) is 3. The third-order valence-electron chi connectivity index (χ3n) is 5.32. The maximum absolute atomic E-state index is 4.76. The van der Waals surface area contributed by atoms with E-state index in [4.69, 9.17) is 10.2 Å². The summed E-state index contributed by atoms with van der Waals surface area (Å²) in [4.78, 5) is 4.54. The molecule has 4 nitrogen and oxygen atoms in total. The Balaban J connectivity index is 1.69. The summed E-state index contributed by atoms with van der Waals surface area (Å²) in [6.07, 6.45) is 3.51. The molecular weight excluding hydrogens is 284 g/mol. The molecule has 0 amide bonds. The standard InChI is InChI=1S/C19H20N4/c1-13-12-18(23-20-16-9-2-3-10-17(16)21-23)15-8-4-6-14-7-5-11-22(13)19(14)15/h2-4,6,8-10,13,18H,5,7,11-12H2,1H3/t13-,18+/m0/s1. The molecule has 3 heterocycles. The van der Waals surface area contributed by atoms with Crippen LogP contribution in [0, 0.1) is 0 Å². The summed E-state index contributed by atoms with van der Waals surface area (Å²) >= 11 is 0. The highest BCUT2D eigenvalue weighted by Gasteiger charge is 2.35. The molecule has 23 heavy (non-hydrogen) atoms. The third kappa shape index (κ3) is 1.90. The number of hydrogen-bond donors (Lipinski definition) is 0. The van der Waals surface area contributed by atoms with Gasteiger partial charge in [-0.25, -0.2) is 0 Å². The number of fused-ring (bicyclic) bond motifs is 1. The molecule has 0 fully saturated rings. The van der Waals surface area contributed by atoms with Crippen molar-refractivity contribution in [3.8, 4) is 0 Å². The first kappa shape index (κ1) is 13.1. The van der Waals surface area contributed by atoms with E-state index in [1.807, 2.05) is 29.1 Å². The van der Waals surface area contributed by atoms with Gasteiger partial charge in [0.25, 0.3) is 0 Å². The molecule has 0 spiro atoms. The molecule has 0 saturated carbocycles. The largest absolute Gasteiger partial charge is 0.368 e. The maximum atomic E-state index is 4.76. The second kappa shape index (κ2) is 4.82. The van der Waals surface area contributed by atoms with Gasteiger partial charge in [-0.1, -0.05) is 30.3 Å². The van der Waals surface area contributed by atoms with E-state index in [0.717, 1.165) is 17.5 Å². The molecule has 5 rings (SSSR count). The number of rotatable bonds is 1. The minimum Gasteiger partial charge on any atom is -0.368 e. The molecule has 0 N–H and O–H groups in total. The first-order chi connectivity index (χ1) is 11.3. The Bertz CT molecular complexity index is 849. The van der Waals surface area contributed by atoms with E-state index in [0.29, 0.717) is 6.04 Å². The van der Waals surface area contributed by atoms with Crippen LogP contribution in [0.5, 0.6) is 0 Å². The molecule has 2 aromatic carbocycles. The van der Waals surface area contributed by atoms with Crippen LogP contribution >= 0.6 is 0 Å². The summed E-state index contributed by atoms with van der Waals surface area (Å²) in [5.74, 6) is 0. The summed E-state index contributed by atoms with van der Waals surface area (Å²) in [5, 5.41) is 9.51. The van der Waals surface area contributed by atoms with Crippen LogP contribution in [0.2, 0.25) is 0 Å². The molecule has 1 aromatic heterocycles. The van der Waals surface area contributed by atoms with Crippen LogP contribution in [0.4, 0.5) is 5.69 Å². The normalized spacial score (nSPS) is 23.1. The van der Waals surface area contributed by atoms with Gasteiger partial charge in [-0.2, -0.15) is 15.0 Å². The van der Waals surface area contributed by atoms with E-state index in [1.165, 1.54) is 36.2 Å². The van der Waals surface area contributed by atoms with E-state index in [9.17, 15) is 0 Å². The second-order valence-electron chi connectivity index (χ2n) is 6.76. The topological polar surface area (TPSA) is 34.0 Å². The summed E-state index contributed by atoms with van der Waals surface area (Å²) in [5.41, 5.74) is 6.28. The summed E-state index contributed by atoms with van der Waals surface area (Å²) < 4.78 is 0. The van der Waals surface area contributed by atoms with Crippen LogP contribution in [0.1, 0.15) is 36.9 Å². The minimum absolute atomic E-state index is 0.238. The number of anilines is 1. The Morgan fingerprint density at radius 1 is 1.00 bits per heavy atom. The SMILES string of the molecule is C[C@H]1C[C@@H](n2nc3ccccc3n2)c2cccc3c2N1CCC3. The van der Waals surface area contributed by atoms with Crippen molar-refractivity contribution in [2.45, 2.75) is 38.3 Å². The van der Waals surface area contributed by atoms with Gasteiger partial charge in [0.15, 0.2) is 0 Å². The highest BCUT2D eigenvalue weighted by Crippen LogP contribution is 2.43. The van der Waals surface area contributed by atoms with Crippen molar-refractivity contribution < 1.29 is 0 Å². The van der Waals surface area contributed by atoms with E-state index in [-0.39, 0.29) is 6.04 Å². The molecule has 0 aliphatic carbocycles. The fourth-order valence-electron chi connectivity index (χ4n) is 4.24. The quantitative estimate of drug-likeness (QED) is 0.689. The number of aryl methyl sites for hydroxylation is 1. The van der Waals surface area contributed by atoms with Crippen LogP contribution in [-0.2, 0) is 6.42 Å². The third-order valence-corrected chi connectivity index (χ3v) is 5.32. The monoisotopic (exact) mass is 304 g/mol. The Kier molecular flexibility index (Phi) is 2.75. The molecule has 2 aliphatic heterocycles. The van der Waals surface area contributed by atoms with Gasteiger partial charge in [-0.05, 0) is 43.9 Å². The highest BCUT2D eigenvalue weighted by atomic mass is 15.5. The molecule has 0 bridgehead atoms. The van der Waals surface area contributed by atoms with E-state index in [1.54, 1.807) is 0 Å². The number of aromatic nitrogens is 3. The smallest absolute Gasteiger partial charge is 0.113 e. The van der Waals surface area contributed by atoms with Gasteiger partial charge in [-0.15, -0.1) is 0 Å². The molecule has 0 saturated heterocycles. The lowest BCUT2D eigenvalue weighted by molar-refractivity contribution is 0.380. The molecule has 116 valence electrons. The average Bonchev–Trinajstić information content (AvgIpc) is 3.02. The predicted molar refractivity (Wildman–Crippen MR) is 91.9 cm³/mol. The number of para-hydroxylation sites is 1. The van der Waals surface area contributed by atoms with E-state index < -0.39 is 0 Å². The zero-order valence-corrected chi connectivity index (χ0v) is 13.3. The Hall–Kier alpha value is -2.36. The van der Waals surface area contributed by atoms with Gasteiger partial charge in [0.1, 0.15) is 17.1 Å². The van der Waals surface area contributed by atoms with Crippen molar-refractivity contribution in [2.75, 3.05) is 11.4 Å². The first-order valence-electron chi connectivity index (χ1n) is 8.51. The summed E-state index contributed by atoms with van der Waals surface area (Å²) in [6, 6.07) is 15.6. The number of nitrogens with zero attached hydrogens (tertiary/aromatic N) is 4. The molecule has 0 radical (unpaired) electrons. The zero-order valence-electron chi connectivity index (χ0n) is 13.3. The van der Waals surface area contributed by atoms with Crippen molar-refractivity contribution in [3.63, 3.8) is 0 Å². The van der Waals surface area contributed by atoms with Gasteiger partial charge in [0.05, 0.1) is 0 Å². The molecule has 0 unspecified atom stereocenters. The molecule has 2 aliphatic rings. The maximum Gasteiger partial charge on any atom is 0.113 e. The van der Waals surface area contributed by atoms with Crippen LogP contribution in [0.25, 0.3) is 11.0 Å². The molecule has 2 atom stereocenters. The zero-order chi connectivity index (χ0) is 15.4. The van der Waals surface area contributed by atoms with Crippen molar-refractivity contribution in [3.05, 3.63) is 53.6 Å². The Morgan fingerprint density at radius 3 is 2.57 bits per heavy atom. The Labute approximate surface area is 135 Å². The van der Waals surface area contributed by atoms with Gasteiger partial charge >= 0.3 is 0 Å². The van der Waals surface area contributed by atoms with E-state index in [2.05, 4.69) is 30.0 Å². The highest BCUT2D eigenvalue weighted by molar-refractivity contribution is 5.73. The van der Waals surface area contributed by atoms with Crippen LogP contribution in [0.15, 0.2) is 42.5 Å². The lowest BCUT2D eigenvalue weighted by Crippen LogP contribution is -2.43. The Morgan fingerprint density at radius 2 is 1.78 bits per heavy atom. The van der Waals surface area contributed by atoms with Crippen molar-refractivity contribution in [1.29, 1.82) is 0 Å². The van der Waals surface area contributed by atoms with Gasteiger partial charge in [0.2, 0.25) is 0 Å². The molecular formula is C19H20N4. The number of benzene rings is 2. The van der Waals surface area contributed by atoms with Crippen LogP contribution < -0.4 is 4.90 Å². The van der Waals surface area contributed by atoms with Crippen molar-refractivity contribution in [1.82, 2.24) is 15.0 Å². The summed E-state index contributed by atoms with van der Waals surface area (Å²) in [6.45, 7) is 3.51. The average molecular weight is 304 g/mol. The van der Waals surface area contributed by atoms with Gasteiger partial charge < -0.3 is 4.90 Å². The van der Waals surface area contributed by atoms with E-state index >= 15 is 0 Å². The van der Waals surface area contributed by atoms with Gasteiger partial charge in [-0.3, -0.25) is 0 Å². The fraction of sp³-hybridized carbons (Fsp3) is 0.368.